The van der Waals surface area contributed by atoms with Gasteiger partial charge in [0.2, 0.25) is 0 Å². The van der Waals surface area contributed by atoms with E-state index in [0.29, 0.717) is 29.7 Å². The first kappa shape index (κ1) is 24.3. The number of likely N-dealkylation sites (N-methyl/N-ethyl adjacent to an activating group) is 2. The molecule has 2 atom stereocenters. The van der Waals surface area contributed by atoms with E-state index in [1.165, 1.54) is 0 Å². The van der Waals surface area contributed by atoms with Gasteiger partial charge in [0.15, 0.2) is 5.82 Å². The molecular weight excluding hydrogens is 454 g/mol. The third kappa shape index (κ3) is 5.64. The Morgan fingerprint density at radius 3 is 2.74 bits per heavy atom. The van der Waals surface area contributed by atoms with Crippen LogP contribution < -0.4 is 15.0 Å². The van der Waals surface area contributed by atoms with Gasteiger partial charge in [0.1, 0.15) is 24.3 Å². The van der Waals surface area contributed by atoms with Crippen LogP contribution >= 0.6 is 11.6 Å². The molecule has 2 N–H and O–H groups in total. The van der Waals surface area contributed by atoms with Crippen molar-refractivity contribution < 1.29 is 14.6 Å². The van der Waals surface area contributed by atoms with Gasteiger partial charge in [-0.15, -0.1) is 0 Å². The number of ether oxygens (including phenoxy) is 2. The molecule has 4 rings (SSSR count). The fourth-order valence-electron chi connectivity index (χ4n) is 4.03. The minimum Gasteiger partial charge on any atom is -0.491 e. The zero-order valence-corrected chi connectivity index (χ0v) is 20.4. The number of aliphatic hydroxyl groups excluding tert-OH is 1. The predicted molar refractivity (Wildman–Crippen MR) is 134 cm³/mol. The van der Waals surface area contributed by atoms with Gasteiger partial charge in [-0.1, -0.05) is 11.6 Å². The van der Waals surface area contributed by atoms with Crippen LogP contribution in [0.3, 0.4) is 0 Å². The van der Waals surface area contributed by atoms with Gasteiger partial charge in [-0.3, -0.25) is 4.98 Å². The van der Waals surface area contributed by atoms with Gasteiger partial charge < -0.3 is 24.8 Å². The van der Waals surface area contributed by atoms with E-state index < -0.39 is 6.10 Å². The fourth-order valence-corrected chi connectivity index (χ4v) is 4.26. The quantitative estimate of drug-likeness (QED) is 0.478. The molecule has 1 aliphatic rings. The van der Waals surface area contributed by atoms with Crippen molar-refractivity contribution in [3.8, 4) is 28.4 Å². The molecule has 0 saturated carbocycles. The number of pyridine rings is 1. The third-order valence-corrected chi connectivity index (χ3v) is 6.09. The van der Waals surface area contributed by atoms with Gasteiger partial charge >= 0.3 is 0 Å². The first-order valence-electron chi connectivity index (χ1n) is 11.3. The Bertz CT molecular complexity index is 1110. The number of nitrogens with one attached hydrogen (secondary N) is 1. The summed E-state index contributed by atoms with van der Waals surface area (Å²) in [6.45, 7) is 4.04. The normalized spacial score (nSPS) is 16.4. The summed E-state index contributed by atoms with van der Waals surface area (Å²) < 4.78 is 11.4. The molecular formula is C25H30ClN5O3. The van der Waals surface area contributed by atoms with Crippen LogP contribution in [0.2, 0.25) is 5.02 Å². The number of halogens is 1. The minimum atomic E-state index is -0.629. The van der Waals surface area contributed by atoms with E-state index in [1.807, 2.05) is 38.2 Å². The van der Waals surface area contributed by atoms with Gasteiger partial charge in [0.25, 0.3) is 0 Å². The summed E-state index contributed by atoms with van der Waals surface area (Å²) in [6.07, 6.45) is 3.83. The number of hydrogen-bond donors (Lipinski definition) is 2. The lowest BCUT2D eigenvalue weighted by Gasteiger charge is -2.27. The molecule has 180 valence electrons. The number of benzene rings is 1. The minimum absolute atomic E-state index is 0.146. The van der Waals surface area contributed by atoms with Crippen LogP contribution in [0.1, 0.15) is 12.0 Å². The second-order valence-corrected chi connectivity index (χ2v) is 8.84. The van der Waals surface area contributed by atoms with Crippen molar-refractivity contribution in [2.24, 2.45) is 0 Å². The maximum atomic E-state index is 9.99. The Morgan fingerprint density at radius 2 is 2.03 bits per heavy atom. The average molecular weight is 484 g/mol. The molecule has 1 aromatic carbocycles. The lowest BCUT2D eigenvalue weighted by molar-refractivity contribution is 0.108. The summed E-state index contributed by atoms with van der Waals surface area (Å²) >= 11 is 6.42. The van der Waals surface area contributed by atoms with Gasteiger partial charge in [0, 0.05) is 54.3 Å². The van der Waals surface area contributed by atoms with Gasteiger partial charge in [-0.25, -0.2) is 9.97 Å². The number of anilines is 1. The van der Waals surface area contributed by atoms with Crippen molar-refractivity contribution in [1.29, 1.82) is 0 Å². The highest BCUT2D eigenvalue weighted by atomic mass is 35.5. The zero-order chi connectivity index (χ0) is 24.1. The Balaban J connectivity index is 1.76. The molecule has 0 spiro atoms. The monoisotopic (exact) mass is 483 g/mol. The van der Waals surface area contributed by atoms with E-state index >= 15 is 0 Å². The van der Waals surface area contributed by atoms with Crippen LogP contribution in [0.5, 0.6) is 5.75 Å². The molecule has 3 aromatic rings. The molecule has 1 saturated heterocycles. The second kappa shape index (κ2) is 11.1. The average Bonchev–Trinajstić information content (AvgIpc) is 3.38. The number of aromatic nitrogens is 3. The topological polar surface area (TPSA) is 92.6 Å². The SMILES string of the molecule is CNCC(O)COc1cc(Cl)cc(-c2nc(-c3ccncc3)c(C)c(N(C)C3CCOC3)n2)c1. The molecule has 0 amide bonds. The Labute approximate surface area is 204 Å². The van der Waals surface area contributed by atoms with E-state index in [0.717, 1.165) is 41.2 Å². The molecule has 9 heteroatoms. The Morgan fingerprint density at radius 1 is 1.24 bits per heavy atom. The first-order chi connectivity index (χ1) is 16.5. The smallest absolute Gasteiger partial charge is 0.162 e. The van der Waals surface area contributed by atoms with Crippen LogP contribution in [-0.4, -0.2) is 72.7 Å². The molecule has 3 heterocycles. The van der Waals surface area contributed by atoms with E-state index in [9.17, 15) is 5.11 Å². The summed E-state index contributed by atoms with van der Waals surface area (Å²) in [7, 11) is 3.83. The molecule has 34 heavy (non-hydrogen) atoms. The van der Waals surface area contributed by atoms with Crippen molar-refractivity contribution in [3.63, 3.8) is 0 Å². The van der Waals surface area contributed by atoms with Gasteiger partial charge in [0.05, 0.1) is 18.3 Å². The predicted octanol–water partition coefficient (Wildman–Crippen LogP) is 3.35. The summed E-state index contributed by atoms with van der Waals surface area (Å²) in [5, 5.41) is 13.4. The van der Waals surface area contributed by atoms with E-state index in [4.69, 9.17) is 31.0 Å². The number of hydrogen-bond acceptors (Lipinski definition) is 8. The maximum Gasteiger partial charge on any atom is 0.162 e. The van der Waals surface area contributed by atoms with Gasteiger partial charge in [-0.2, -0.15) is 0 Å². The van der Waals surface area contributed by atoms with Crippen LogP contribution in [0.15, 0.2) is 42.7 Å². The van der Waals surface area contributed by atoms with Crippen LogP contribution in [-0.2, 0) is 4.74 Å². The van der Waals surface area contributed by atoms with Crippen LogP contribution in [0.4, 0.5) is 5.82 Å². The van der Waals surface area contributed by atoms with Crippen LogP contribution in [0, 0.1) is 6.92 Å². The standard InChI is InChI=1S/C25H30ClN5O3/c1-16-23(17-4-7-28-8-5-17)29-24(30-25(16)31(3)20-6-9-33-14-20)18-10-19(26)12-22(11-18)34-15-21(32)13-27-2/h4-5,7-8,10-12,20-21,27,32H,6,9,13-15H2,1-3H3. The van der Waals surface area contributed by atoms with Crippen molar-refractivity contribution in [1.82, 2.24) is 20.3 Å². The van der Waals surface area contributed by atoms with E-state index in [1.54, 1.807) is 25.5 Å². The van der Waals surface area contributed by atoms with E-state index in [-0.39, 0.29) is 12.6 Å². The highest BCUT2D eigenvalue weighted by Gasteiger charge is 2.25. The fraction of sp³-hybridized carbons (Fsp3) is 0.400. The van der Waals surface area contributed by atoms with Crippen molar-refractivity contribution >= 4 is 17.4 Å². The van der Waals surface area contributed by atoms with E-state index in [2.05, 4.69) is 15.2 Å². The van der Waals surface area contributed by atoms with Crippen molar-refractivity contribution in [3.05, 3.63) is 53.3 Å². The molecule has 1 aliphatic heterocycles. The number of rotatable bonds is 9. The van der Waals surface area contributed by atoms with Crippen LogP contribution in [0.25, 0.3) is 22.6 Å². The molecule has 0 aliphatic carbocycles. The third-order valence-electron chi connectivity index (χ3n) is 5.87. The first-order valence-corrected chi connectivity index (χ1v) is 11.7. The second-order valence-electron chi connectivity index (χ2n) is 8.41. The highest BCUT2D eigenvalue weighted by molar-refractivity contribution is 6.31. The van der Waals surface area contributed by atoms with Crippen molar-refractivity contribution in [2.45, 2.75) is 25.5 Å². The molecule has 0 bridgehead atoms. The number of aliphatic hydroxyl groups is 1. The molecule has 0 radical (unpaired) electrons. The summed E-state index contributed by atoms with van der Waals surface area (Å²) in [4.78, 5) is 16.2. The molecule has 1 fully saturated rings. The Kier molecular flexibility index (Phi) is 7.95. The lowest BCUT2D eigenvalue weighted by Crippen LogP contribution is -2.33. The zero-order valence-electron chi connectivity index (χ0n) is 19.7. The van der Waals surface area contributed by atoms with Crippen molar-refractivity contribution in [2.75, 3.05) is 45.4 Å². The largest absolute Gasteiger partial charge is 0.491 e. The summed E-state index contributed by atoms with van der Waals surface area (Å²) in [5.74, 6) is 1.94. The summed E-state index contributed by atoms with van der Waals surface area (Å²) in [5.41, 5.74) is 3.51. The Hall–Kier alpha value is -2.78. The molecule has 8 nitrogen and oxygen atoms in total. The number of nitrogens with zero attached hydrogens (tertiary/aromatic N) is 4. The highest BCUT2D eigenvalue weighted by Crippen LogP contribution is 2.34. The lowest BCUT2D eigenvalue weighted by atomic mass is 10.1. The molecule has 2 unspecified atom stereocenters. The molecule has 2 aromatic heterocycles. The maximum absolute atomic E-state index is 9.99. The summed E-state index contributed by atoms with van der Waals surface area (Å²) in [6, 6.07) is 9.52. The van der Waals surface area contributed by atoms with Gasteiger partial charge in [-0.05, 0) is 50.7 Å².